The lowest BCUT2D eigenvalue weighted by Crippen LogP contribution is -2.10. The molecule has 1 heterocycles. The molecule has 0 aromatic carbocycles. The summed E-state index contributed by atoms with van der Waals surface area (Å²) in [4.78, 5) is 0.331. The predicted molar refractivity (Wildman–Crippen MR) is 65.0 cm³/mol. The van der Waals surface area contributed by atoms with Crippen LogP contribution in [0.5, 0.6) is 0 Å². The fourth-order valence-electron chi connectivity index (χ4n) is 2.26. The van der Waals surface area contributed by atoms with Gasteiger partial charge in [0.05, 0.1) is 5.03 Å². The van der Waals surface area contributed by atoms with Crippen LogP contribution in [0.4, 0.5) is 0 Å². The topological polar surface area (TPSA) is 9.23 Å². The van der Waals surface area contributed by atoms with Crippen LogP contribution in [-0.4, -0.2) is 10.9 Å². The summed E-state index contributed by atoms with van der Waals surface area (Å²) in [6, 6.07) is 0. The molecule has 3 heteroatoms. The van der Waals surface area contributed by atoms with Crippen LogP contribution >= 0.6 is 27.5 Å². The molecule has 3 rings (SSSR count). The average molecular weight is 286 g/mol. The molecule has 1 aliphatic heterocycles. The smallest absolute Gasteiger partial charge is 0.142 e. The lowest BCUT2D eigenvalue weighted by Gasteiger charge is -2.14. The zero-order valence-electron chi connectivity index (χ0n) is 8.04. The van der Waals surface area contributed by atoms with Gasteiger partial charge in [-0.2, -0.15) is 0 Å². The highest BCUT2D eigenvalue weighted by molar-refractivity contribution is 9.09. The van der Waals surface area contributed by atoms with Crippen molar-refractivity contribution in [2.75, 3.05) is 0 Å². The van der Waals surface area contributed by atoms with Gasteiger partial charge >= 0.3 is 0 Å². The highest BCUT2D eigenvalue weighted by Crippen LogP contribution is 2.44. The highest BCUT2D eigenvalue weighted by Gasteiger charge is 2.35. The summed E-state index contributed by atoms with van der Waals surface area (Å²) in [6.45, 7) is 0. The number of alkyl halides is 1. The molecule has 0 bridgehead atoms. The SMILES string of the molecule is ClC1=CC(Br)CC2=C1OC1CC=CC=C21. The number of hydrogen-bond acceptors (Lipinski definition) is 1. The Bertz CT molecular complexity index is 431. The average Bonchev–Trinajstić information content (AvgIpc) is 2.57. The van der Waals surface area contributed by atoms with Gasteiger partial charge in [0.2, 0.25) is 0 Å². The van der Waals surface area contributed by atoms with Gasteiger partial charge in [-0.25, -0.2) is 0 Å². The summed E-state index contributed by atoms with van der Waals surface area (Å²) >= 11 is 9.76. The van der Waals surface area contributed by atoms with E-state index in [4.69, 9.17) is 16.3 Å². The third kappa shape index (κ3) is 1.51. The van der Waals surface area contributed by atoms with Gasteiger partial charge in [-0.05, 0) is 18.1 Å². The maximum atomic E-state index is 6.18. The third-order valence-electron chi connectivity index (χ3n) is 2.93. The van der Waals surface area contributed by atoms with E-state index in [9.17, 15) is 0 Å². The Morgan fingerprint density at radius 3 is 3.20 bits per heavy atom. The zero-order valence-corrected chi connectivity index (χ0v) is 10.4. The molecular weight excluding hydrogens is 275 g/mol. The van der Waals surface area contributed by atoms with Crippen molar-refractivity contribution < 1.29 is 4.74 Å². The van der Waals surface area contributed by atoms with Gasteiger partial charge in [-0.1, -0.05) is 45.8 Å². The zero-order chi connectivity index (χ0) is 10.4. The van der Waals surface area contributed by atoms with Crippen LogP contribution in [-0.2, 0) is 4.74 Å². The second-order valence-corrected chi connectivity index (χ2v) is 5.52. The normalized spacial score (nSPS) is 32.9. The van der Waals surface area contributed by atoms with Crippen molar-refractivity contribution in [2.24, 2.45) is 0 Å². The number of rotatable bonds is 0. The number of hydrogen-bond donors (Lipinski definition) is 0. The molecule has 15 heavy (non-hydrogen) atoms. The molecule has 0 N–H and O–H groups in total. The van der Waals surface area contributed by atoms with Gasteiger partial charge in [0, 0.05) is 16.8 Å². The Balaban J connectivity index is 2.05. The molecule has 0 amide bonds. The lowest BCUT2D eigenvalue weighted by molar-refractivity contribution is 0.176. The van der Waals surface area contributed by atoms with Crippen molar-refractivity contribution in [1.29, 1.82) is 0 Å². The Kier molecular flexibility index (Phi) is 2.29. The van der Waals surface area contributed by atoms with Gasteiger partial charge in [0.25, 0.3) is 0 Å². The molecule has 0 aromatic heterocycles. The monoisotopic (exact) mass is 284 g/mol. The minimum absolute atomic E-state index is 0.194. The minimum atomic E-state index is 0.194. The van der Waals surface area contributed by atoms with Crippen LogP contribution < -0.4 is 0 Å². The summed E-state index contributed by atoms with van der Waals surface area (Å²) in [5.74, 6) is 0.896. The molecule has 0 spiro atoms. The van der Waals surface area contributed by atoms with E-state index in [0.717, 1.165) is 23.6 Å². The quantitative estimate of drug-likeness (QED) is 0.615. The summed E-state index contributed by atoms with van der Waals surface area (Å²) < 4.78 is 5.87. The van der Waals surface area contributed by atoms with Gasteiger partial charge in [0.1, 0.15) is 11.9 Å². The van der Waals surface area contributed by atoms with Crippen molar-refractivity contribution in [3.8, 4) is 0 Å². The Morgan fingerprint density at radius 2 is 2.33 bits per heavy atom. The first kappa shape index (κ1) is 9.73. The van der Waals surface area contributed by atoms with Crippen LogP contribution in [0, 0.1) is 0 Å². The predicted octanol–water partition coefficient (Wildman–Crippen LogP) is 3.82. The summed E-state index contributed by atoms with van der Waals surface area (Å²) in [6.07, 6.45) is 10.5. The van der Waals surface area contributed by atoms with Crippen molar-refractivity contribution >= 4 is 27.5 Å². The lowest BCUT2D eigenvalue weighted by atomic mass is 9.91. The molecule has 2 aliphatic carbocycles. The largest absolute Gasteiger partial charge is 0.484 e. The molecule has 2 atom stereocenters. The van der Waals surface area contributed by atoms with Crippen LogP contribution in [0.2, 0.25) is 0 Å². The van der Waals surface area contributed by atoms with E-state index in [2.05, 4.69) is 34.2 Å². The molecule has 0 saturated carbocycles. The van der Waals surface area contributed by atoms with E-state index < -0.39 is 0 Å². The molecule has 2 unspecified atom stereocenters. The maximum absolute atomic E-state index is 6.18. The minimum Gasteiger partial charge on any atom is -0.484 e. The van der Waals surface area contributed by atoms with E-state index in [0.29, 0.717) is 4.83 Å². The van der Waals surface area contributed by atoms with Crippen molar-refractivity contribution in [3.05, 3.63) is 46.2 Å². The van der Waals surface area contributed by atoms with Crippen LogP contribution in [0.25, 0.3) is 0 Å². The van der Waals surface area contributed by atoms with Gasteiger partial charge in [0.15, 0.2) is 0 Å². The van der Waals surface area contributed by atoms with E-state index in [1.54, 1.807) is 0 Å². The Labute approximate surface area is 102 Å². The molecule has 1 nitrogen and oxygen atoms in total. The van der Waals surface area contributed by atoms with Gasteiger partial charge < -0.3 is 4.74 Å². The first-order valence-electron chi connectivity index (χ1n) is 5.04. The second kappa shape index (κ2) is 3.53. The first-order chi connectivity index (χ1) is 7.25. The fourth-order valence-corrected chi connectivity index (χ4v) is 3.31. The third-order valence-corrected chi connectivity index (χ3v) is 3.82. The molecular formula is C12H10BrClO. The summed E-state index contributed by atoms with van der Waals surface area (Å²) in [5, 5.41) is 0.744. The molecule has 0 saturated heterocycles. The van der Waals surface area contributed by atoms with E-state index in [1.165, 1.54) is 11.1 Å². The van der Waals surface area contributed by atoms with Crippen molar-refractivity contribution in [3.63, 3.8) is 0 Å². The van der Waals surface area contributed by atoms with E-state index >= 15 is 0 Å². The van der Waals surface area contributed by atoms with Crippen molar-refractivity contribution in [2.45, 2.75) is 23.8 Å². The Morgan fingerprint density at radius 1 is 1.47 bits per heavy atom. The highest BCUT2D eigenvalue weighted by atomic mass is 79.9. The number of ether oxygens (including phenoxy) is 1. The number of halogens is 2. The molecule has 3 aliphatic rings. The summed E-state index contributed by atoms with van der Waals surface area (Å²) in [5.41, 5.74) is 2.59. The van der Waals surface area contributed by atoms with E-state index in [-0.39, 0.29) is 6.10 Å². The standard InChI is InChI=1S/C12H10BrClO/c13-7-5-9-8-3-1-2-4-11(8)15-12(9)10(14)6-7/h1-3,6-7,11H,4-5H2. The van der Waals surface area contributed by atoms with Gasteiger partial charge in [-0.15, -0.1) is 0 Å². The number of fused-ring (bicyclic) bond motifs is 2. The molecule has 0 radical (unpaired) electrons. The fraction of sp³-hybridized carbons (Fsp3) is 0.333. The van der Waals surface area contributed by atoms with Crippen molar-refractivity contribution in [1.82, 2.24) is 0 Å². The van der Waals surface area contributed by atoms with Crippen LogP contribution in [0.15, 0.2) is 46.2 Å². The van der Waals surface area contributed by atoms with Crippen LogP contribution in [0.1, 0.15) is 12.8 Å². The van der Waals surface area contributed by atoms with E-state index in [1.807, 2.05) is 6.08 Å². The second-order valence-electron chi connectivity index (χ2n) is 3.93. The van der Waals surface area contributed by atoms with Crippen LogP contribution in [0.3, 0.4) is 0 Å². The van der Waals surface area contributed by atoms with Gasteiger partial charge in [-0.3, -0.25) is 0 Å². The summed E-state index contributed by atoms with van der Waals surface area (Å²) in [7, 11) is 0. The molecule has 0 fully saturated rings. The molecule has 0 aromatic rings. The Hall–Kier alpha value is -0.470. The first-order valence-corrected chi connectivity index (χ1v) is 6.33. The number of allylic oxidation sites excluding steroid dienone is 4. The maximum Gasteiger partial charge on any atom is 0.142 e. The molecule has 78 valence electrons.